The second-order valence-electron chi connectivity index (χ2n) is 6.58. The second-order valence-corrected chi connectivity index (χ2v) is 6.99. The van der Waals surface area contributed by atoms with Gasteiger partial charge in [0.2, 0.25) is 5.91 Å². The highest BCUT2D eigenvalue weighted by atomic mass is 35.5. The van der Waals surface area contributed by atoms with Crippen molar-refractivity contribution >= 4 is 17.5 Å². The van der Waals surface area contributed by atoms with E-state index in [2.05, 4.69) is 9.80 Å². The van der Waals surface area contributed by atoms with Crippen LogP contribution in [0.5, 0.6) is 11.5 Å². The van der Waals surface area contributed by atoms with Crippen LogP contribution >= 0.6 is 11.6 Å². The number of hydrogen-bond acceptors (Lipinski definition) is 4. The molecule has 1 aromatic carbocycles. The van der Waals surface area contributed by atoms with Gasteiger partial charge in [0.05, 0.1) is 11.6 Å². The summed E-state index contributed by atoms with van der Waals surface area (Å²) in [4.78, 5) is 16.4. The molecule has 0 radical (unpaired) electrons. The van der Waals surface area contributed by atoms with E-state index < -0.39 is 0 Å². The van der Waals surface area contributed by atoms with Crippen molar-refractivity contribution in [2.75, 3.05) is 26.2 Å². The van der Waals surface area contributed by atoms with Gasteiger partial charge >= 0.3 is 0 Å². The van der Waals surface area contributed by atoms with Crippen LogP contribution in [0.2, 0.25) is 5.02 Å². The average Bonchev–Trinajstić information content (AvgIpc) is 2.99. The smallest absolute Gasteiger partial charge is 0.222 e. The summed E-state index contributed by atoms with van der Waals surface area (Å²) < 4.78 is 5.46. The van der Waals surface area contributed by atoms with Gasteiger partial charge < -0.3 is 14.7 Å². The highest BCUT2D eigenvalue weighted by Crippen LogP contribution is 2.36. The number of nitrogens with zero attached hydrogens (tertiary/aromatic N) is 2. The maximum atomic E-state index is 12.0. The monoisotopic (exact) mass is 352 g/mol. The first-order valence-corrected chi connectivity index (χ1v) is 9.12. The van der Waals surface area contributed by atoms with Gasteiger partial charge in [-0.25, -0.2) is 0 Å². The van der Waals surface area contributed by atoms with Crippen molar-refractivity contribution in [1.82, 2.24) is 9.80 Å². The molecule has 1 amide bonds. The lowest BCUT2D eigenvalue weighted by Crippen LogP contribution is -2.48. The third-order valence-corrected chi connectivity index (χ3v) is 5.11. The molecule has 2 aliphatic heterocycles. The number of hydrogen-bond donors (Lipinski definition) is 1. The van der Waals surface area contributed by atoms with E-state index in [-0.39, 0.29) is 5.75 Å². The minimum absolute atomic E-state index is 0.00134. The highest BCUT2D eigenvalue weighted by Gasteiger charge is 2.31. The topological polar surface area (TPSA) is 53.0 Å². The normalized spacial score (nSPS) is 22.2. The summed E-state index contributed by atoms with van der Waals surface area (Å²) in [5, 5.41) is 10.3. The Balaban J connectivity index is 1.68. The van der Waals surface area contributed by atoms with Crippen molar-refractivity contribution in [3.05, 3.63) is 22.7 Å². The molecule has 24 heavy (non-hydrogen) atoms. The number of likely N-dealkylation sites (tertiary alicyclic amines) is 2. The van der Waals surface area contributed by atoms with Gasteiger partial charge in [0.25, 0.3) is 0 Å². The van der Waals surface area contributed by atoms with Gasteiger partial charge in [-0.3, -0.25) is 9.69 Å². The summed E-state index contributed by atoms with van der Waals surface area (Å²) >= 11 is 6.12. The number of phenolic OH excluding ortho intramolecular Hbond substituents is 1. The summed E-state index contributed by atoms with van der Waals surface area (Å²) in [7, 11) is 0. The summed E-state index contributed by atoms with van der Waals surface area (Å²) in [5.41, 5.74) is 1.02. The van der Waals surface area contributed by atoms with E-state index in [9.17, 15) is 9.90 Å². The number of amides is 1. The zero-order chi connectivity index (χ0) is 17.1. The lowest BCUT2D eigenvalue weighted by Gasteiger charge is -2.37. The summed E-state index contributed by atoms with van der Waals surface area (Å²) in [6, 6.07) is 3.98. The van der Waals surface area contributed by atoms with Crippen LogP contribution in [0.4, 0.5) is 0 Å². The Kier molecular flexibility index (Phi) is 5.51. The number of carbonyl (C=O) groups is 1. The second kappa shape index (κ2) is 7.62. The molecule has 1 unspecified atom stereocenters. The van der Waals surface area contributed by atoms with Gasteiger partial charge in [-0.2, -0.15) is 0 Å². The molecule has 132 valence electrons. The van der Waals surface area contributed by atoms with Crippen LogP contribution in [0.3, 0.4) is 0 Å². The van der Waals surface area contributed by atoms with Crippen LogP contribution in [0, 0.1) is 0 Å². The van der Waals surface area contributed by atoms with Crippen LogP contribution in [-0.2, 0) is 11.3 Å². The third-order valence-electron chi connectivity index (χ3n) is 4.83. The molecule has 0 aliphatic carbocycles. The molecule has 1 N–H and O–H groups in total. The fourth-order valence-electron chi connectivity index (χ4n) is 3.73. The molecular formula is C18H25ClN2O3. The molecule has 6 heteroatoms. The predicted octanol–water partition coefficient (Wildman–Crippen LogP) is 3.03. The van der Waals surface area contributed by atoms with Crippen LogP contribution in [-0.4, -0.2) is 53.1 Å². The first-order chi connectivity index (χ1) is 11.6. The Labute approximate surface area is 148 Å². The minimum Gasteiger partial charge on any atom is -0.503 e. The van der Waals surface area contributed by atoms with Crippen LogP contribution in [0.1, 0.15) is 38.2 Å². The molecule has 1 aromatic rings. The van der Waals surface area contributed by atoms with E-state index in [1.807, 2.05) is 13.0 Å². The van der Waals surface area contributed by atoms with Crippen molar-refractivity contribution in [2.45, 2.75) is 45.2 Å². The van der Waals surface area contributed by atoms with Crippen LogP contribution in [0.25, 0.3) is 0 Å². The van der Waals surface area contributed by atoms with E-state index >= 15 is 0 Å². The Morgan fingerprint density at radius 1 is 1.33 bits per heavy atom. The molecule has 2 saturated heterocycles. The summed E-state index contributed by atoms with van der Waals surface area (Å²) in [6.07, 6.45) is 3.86. The Morgan fingerprint density at radius 2 is 2.17 bits per heavy atom. The molecule has 2 fully saturated rings. The van der Waals surface area contributed by atoms with E-state index in [1.165, 1.54) is 0 Å². The fourth-order valence-corrected chi connectivity index (χ4v) is 3.96. The Morgan fingerprint density at radius 3 is 2.88 bits per heavy atom. The Bertz CT molecular complexity index is 608. The maximum absolute atomic E-state index is 12.0. The lowest BCUT2D eigenvalue weighted by atomic mass is 10.0. The fraction of sp³-hybridized carbons (Fsp3) is 0.611. The van der Waals surface area contributed by atoms with Crippen molar-refractivity contribution in [3.8, 4) is 11.5 Å². The number of benzene rings is 1. The number of rotatable bonds is 5. The third kappa shape index (κ3) is 3.78. The molecule has 0 saturated carbocycles. The number of phenols is 1. The van der Waals surface area contributed by atoms with Crippen LogP contribution in [0.15, 0.2) is 12.1 Å². The first-order valence-electron chi connectivity index (χ1n) is 8.74. The quantitative estimate of drug-likeness (QED) is 0.885. The molecule has 5 nitrogen and oxygen atoms in total. The molecule has 0 aromatic heterocycles. The predicted molar refractivity (Wildman–Crippen MR) is 93.5 cm³/mol. The molecule has 2 heterocycles. The molecule has 2 aliphatic rings. The average molecular weight is 353 g/mol. The number of piperidine rings is 1. The molecule has 0 bridgehead atoms. The number of carbonyl (C=O) groups excluding carboxylic acids is 1. The zero-order valence-electron chi connectivity index (χ0n) is 14.1. The van der Waals surface area contributed by atoms with Gasteiger partial charge in [0, 0.05) is 32.1 Å². The Hall–Kier alpha value is -1.46. The molecular weight excluding hydrogens is 328 g/mol. The maximum Gasteiger partial charge on any atom is 0.222 e. The van der Waals surface area contributed by atoms with Crippen molar-refractivity contribution < 1.29 is 14.6 Å². The number of ether oxygens (including phenoxy) is 1. The molecule has 1 atom stereocenters. The molecule has 3 rings (SSSR count). The SMILES string of the molecule is CCOc1cc(CN2CCCC(N3CCCC3=O)C2)cc(Cl)c1O. The van der Waals surface area contributed by atoms with Crippen molar-refractivity contribution in [3.63, 3.8) is 0 Å². The van der Waals surface area contributed by atoms with Gasteiger partial charge in [-0.1, -0.05) is 11.6 Å². The highest BCUT2D eigenvalue weighted by molar-refractivity contribution is 6.32. The summed E-state index contributed by atoms with van der Waals surface area (Å²) in [5.74, 6) is 0.734. The van der Waals surface area contributed by atoms with Gasteiger partial charge in [-0.05, 0) is 50.4 Å². The first kappa shape index (κ1) is 17.4. The van der Waals surface area contributed by atoms with Gasteiger partial charge in [0.1, 0.15) is 0 Å². The minimum atomic E-state index is 0.00134. The van der Waals surface area contributed by atoms with E-state index in [1.54, 1.807) is 6.07 Å². The standard InChI is InChI=1S/C18H25ClN2O3/c1-2-24-16-10-13(9-15(19)18(16)23)11-20-7-3-5-14(12-20)21-8-4-6-17(21)22/h9-10,14,23H,2-8,11-12H2,1H3. The zero-order valence-corrected chi connectivity index (χ0v) is 14.9. The summed E-state index contributed by atoms with van der Waals surface area (Å²) in [6.45, 7) is 5.92. The largest absolute Gasteiger partial charge is 0.503 e. The van der Waals surface area contributed by atoms with Gasteiger partial charge in [-0.15, -0.1) is 0 Å². The van der Waals surface area contributed by atoms with Crippen molar-refractivity contribution in [2.24, 2.45) is 0 Å². The van der Waals surface area contributed by atoms with E-state index in [0.29, 0.717) is 35.7 Å². The number of aromatic hydroxyl groups is 1. The molecule has 0 spiro atoms. The van der Waals surface area contributed by atoms with Crippen molar-refractivity contribution in [1.29, 1.82) is 0 Å². The van der Waals surface area contributed by atoms with E-state index in [0.717, 1.165) is 51.0 Å². The van der Waals surface area contributed by atoms with Gasteiger partial charge in [0.15, 0.2) is 11.5 Å². The number of halogens is 1. The lowest BCUT2D eigenvalue weighted by molar-refractivity contribution is -0.130. The van der Waals surface area contributed by atoms with E-state index in [4.69, 9.17) is 16.3 Å². The van der Waals surface area contributed by atoms with Crippen LogP contribution < -0.4 is 4.74 Å².